The first-order valence-electron chi connectivity index (χ1n) is 13.2. The molecule has 1 aromatic heterocycles. The number of Topliss-reactive ketones (excluding diaryl/α,β-unsaturated/α-hetero) is 1. The number of halogens is 1. The van der Waals surface area contributed by atoms with Gasteiger partial charge in [0, 0.05) is 43.9 Å². The molecule has 3 aromatic rings. The molecule has 0 spiro atoms. The number of hydrogen-bond donors (Lipinski definition) is 2. The first-order chi connectivity index (χ1) is 19.2. The van der Waals surface area contributed by atoms with E-state index in [1.165, 1.54) is 0 Å². The molecule has 2 aliphatic heterocycles. The van der Waals surface area contributed by atoms with Gasteiger partial charge in [-0.15, -0.1) is 0 Å². The summed E-state index contributed by atoms with van der Waals surface area (Å²) in [7, 11) is -1.13. The van der Waals surface area contributed by atoms with Gasteiger partial charge in [0.1, 0.15) is 37.7 Å². The molecule has 2 aromatic carbocycles. The van der Waals surface area contributed by atoms with Crippen LogP contribution in [0, 0.1) is 0 Å². The smallest absolute Gasteiger partial charge is 0.229 e. The van der Waals surface area contributed by atoms with Gasteiger partial charge in [-0.3, -0.25) is 4.79 Å². The molecule has 2 aliphatic rings. The number of nitrogens with one attached hydrogen (secondary N) is 2. The first-order valence-corrected chi connectivity index (χ1v) is 16.6. The Morgan fingerprint density at radius 1 is 1.10 bits per heavy atom. The van der Waals surface area contributed by atoms with Gasteiger partial charge < -0.3 is 34.3 Å². The maximum Gasteiger partial charge on any atom is 0.229 e. The summed E-state index contributed by atoms with van der Waals surface area (Å²) in [4.78, 5) is 23.2. The molecule has 0 unspecified atom stereocenters. The molecule has 10 nitrogen and oxygen atoms in total. The molecule has 0 amide bonds. The van der Waals surface area contributed by atoms with Gasteiger partial charge in [0.25, 0.3) is 0 Å². The van der Waals surface area contributed by atoms with E-state index in [1.54, 1.807) is 32.7 Å². The summed E-state index contributed by atoms with van der Waals surface area (Å²) in [5.41, 5.74) is 3.57. The zero-order chi connectivity index (χ0) is 28.4. The van der Waals surface area contributed by atoms with Gasteiger partial charge in [-0.2, -0.15) is 4.98 Å². The van der Waals surface area contributed by atoms with Crippen LogP contribution in [0.15, 0.2) is 34.9 Å². The molecule has 0 radical (unpaired) electrons. The minimum absolute atomic E-state index is 0.306. The monoisotopic (exact) mass is 629 g/mol. The lowest BCUT2D eigenvalue weighted by Gasteiger charge is -2.30. The van der Waals surface area contributed by atoms with Crippen molar-refractivity contribution in [3.63, 3.8) is 0 Å². The van der Waals surface area contributed by atoms with Crippen LogP contribution < -0.4 is 35.0 Å². The summed E-state index contributed by atoms with van der Waals surface area (Å²) >= 11 is 3.54. The van der Waals surface area contributed by atoms with Gasteiger partial charge in [0.2, 0.25) is 5.95 Å². The Bertz CT molecular complexity index is 1480. The SMILES string of the molecule is CCc1cc(Nc2ncc(Br)c(Nc3ccc4c(c3P(C)(C)=O)OCCO4)n2)c(OC)cc1N1CCC(=O)CC1. The van der Waals surface area contributed by atoms with Crippen molar-refractivity contribution < 1.29 is 23.6 Å². The molecule has 0 aliphatic carbocycles. The van der Waals surface area contributed by atoms with Crippen LogP contribution in [0.3, 0.4) is 0 Å². The van der Waals surface area contributed by atoms with Crippen LogP contribution in [-0.4, -0.2) is 62.5 Å². The number of hydrogen-bond acceptors (Lipinski definition) is 10. The number of nitrogens with zero attached hydrogens (tertiary/aromatic N) is 3. The van der Waals surface area contributed by atoms with Crippen molar-refractivity contribution in [1.82, 2.24) is 9.97 Å². The number of fused-ring (bicyclic) bond motifs is 1. The van der Waals surface area contributed by atoms with E-state index in [0.29, 0.717) is 89.4 Å². The fourth-order valence-electron chi connectivity index (χ4n) is 4.95. The van der Waals surface area contributed by atoms with Crippen molar-refractivity contribution in [1.29, 1.82) is 0 Å². The quantitative estimate of drug-likeness (QED) is 0.310. The summed E-state index contributed by atoms with van der Waals surface area (Å²) in [6.45, 7) is 7.77. The number of ketones is 1. The number of rotatable bonds is 8. The molecule has 40 heavy (non-hydrogen) atoms. The van der Waals surface area contributed by atoms with Crippen molar-refractivity contribution in [2.45, 2.75) is 26.2 Å². The van der Waals surface area contributed by atoms with Gasteiger partial charge >= 0.3 is 0 Å². The standard InChI is InChI=1S/C28H33BrN5O5P/c1-5-17-14-21(24(37-2)15-22(17)34-10-8-18(35)9-11-34)32-28-30-16-19(29)27(33-28)31-20-6-7-23-25(39-13-12-38-23)26(20)40(3,4)36/h6-7,14-16H,5,8-13H2,1-4H3,(H2,30,31,32,33). The van der Waals surface area contributed by atoms with E-state index >= 15 is 0 Å². The number of benzene rings is 2. The van der Waals surface area contributed by atoms with Gasteiger partial charge in [-0.05, 0) is 59.4 Å². The zero-order valence-electron chi connectivity index (χ0n) is 23.0. The van der Waals surface area contributed by atoms with E-state index < -0.39 is 7.14 Å². The van der Waals surface area contributed by atoms with Gasteiger partial charge in [-0.1, -0.05) is 6.92 Å². The number of piperidine rings is 1. The van der Waals surface area contributed by atoms with E-state index in [2.05, 4.69) is 43.4 Å². The van der Waals surface area contributed by atoms with Gasteiger partial charge in [-0.25, -0.2) is 4.98 Å². The Kier molecular flexibility index (Phi) is 8.24. The molecule has 0 bridgehead atoms. The second kappa shape index (κ2) is 11.7. The Labute approximate surface area is 242 Å². The molecule has 212 valence electrons. The molecule has 5 rings (SSSR count). The lowest BCUT2D eigenvalue weighted by atomic mass is 10.0. The van der Waals surface area contributed by atoms with Crippen molar-refractivity contribution in [3.8, 4) is 17.2 Å². The maximum absolute atomic E-state index is 13.3. The molecule has 0 atom stereocenters. The van der Waals surface area contributed by atoms with Gasteiger partial charge in [0.05, 0.1) is 28.3 Å². The number of aromatic nitrogens is 2. The lowest BCUT2D eigenvalue weighted by molar-refractivity contribution is -0.119. The third-order valence-electron chi connectivity index (χ3n) is 6.91. The van der Waals surface area contributed by atoms with Crippen molar-refractivity contribution in [3.05, 3.63) is 40.5 Å². The maximum atomic E-state index is 13.3. The molecule has 1 fully saturated rings. The second-order valence-corrected chi connectivity index (χ2v) is 14.0. The largest absolute Gasteiger partial charge is 0.494 e. The highest BCUT2D eigenvalue weighted by molar-refractivity contribution is 9.10. The predicted octanol–water partition coefficient (Wildman–Crippen LogP) is 5.49. The lowest BCUT2D eigenvalue weighted by Crippen LogP contribution is -2.34. The fourth-order valence-corrected chi connectivity index (χ4v) is 6.62. The van der Waals surface area contributed by atoms with Crippen LogP contribution >= 0.6 is 23.1 Å². The second-order valence-electron chi connectivity index (χ2n) is 10.0. The average Bonchev–Trinajstić information content (AvgIpc) is 2.94. The van der Waals surface area contributed by atoms with E-state index in [0.717, 1.165) is 23.4 Å². The van der Waals surface area contributed by atoms with Crippen LogP contribution in [0.2, 0.25) is 0 Å². The normalized spacial score (nSPS) is 15.1. The number of anilines is 5. The highest BCUT2D eigenvalue weighted by atomic mass is 79.9. The van der Waals surface area contributed by atoms with Crippen LogP contribution in [0.1, 0.15) is 25.3 Å². The third-order valence-corrected chi connectivity index (χ3v) is 9.01. The minimum Gasteiger partial charge on any atom is -0.494 e. The van der Waals surface area contributed by atoms with Crippen molar-refractivity contribution >= 4 is 63.0 Å². The summed E-state index contributed by atoms with van der Waals surface area (Å²) < 4.78 is 31.3. The zero-order valence-corrected chi connectivity index (χ0v) is 25.5. The summed E-state index contributed by atoms with van der Waals surface area (Å²) in [5, 5.41) is 7.20. The Morgan fingerprint density at radius 3 is 2.55 bits per heavy atom. The summed E-state index contributed by atoms with van der Waals surface area (Å²) in [6.07, 6.45) is 3.59. The van der Waals surface area contributed by atoms with Crippen LogP contribution in [0.4, 0.5) is 28.8 Å². The molecule has 2 N–H and O–H groups in total. The predicted molar refractivity (Wildman–Crippen MR) is 162 cm³/mol. The first kappa shape index (κ1) is 28.2. The molecule has 3 heterocycles. The van der Waals surface area contributed by atoms with Crippen LogP contribution in [0.5, 0.6) is 17.2 Å². The Hall–Kier alpha value is -3.30. The molecule has 12 heteroatoms. The summed E-state index contributed by atoms with van der Waals surface area (Å²) in [6, 6.07) is 7.69. The topological polar surface area (TPSA) is 115 Å². The highest BCUT2D eigenvalue weighted by Crippen LogP contribution is 2.47. The molecule has 0 saturated carbocycles. The third kappa shape index (κ3) is 5.90. The fraction of sp³-hybridized carbons (Fsp3) is 0.393. The molecular formula is C28H33BrN5O5P. The number of aryl methyl sites for hydroxylation is 1. The van der Waals surface area contributed by atoms with Crippen LogP contribution in [0.25, 0.3) is 0 Å². The Balaban J connectivity index is 1.46. The number of methoxy groups -OCH3 is 1. The van der Waals surface area contributed by atoms with Crippen molar-refractivity contribution in [2.75, 3.05) is 62.3 Å². The van der Waals surface area contributed by atoms with E-state index in [-0.39, 0.29) is 0 Å². The van der Waals surface area contributed by atoms with E-state index in [4.69, 9.17) is 19.2 Å². The number of carbonyl (C=O) groups excluding carboxylic acids is 1. The number of carbonyl (C=O) groups is 1. The summed E-state index contributed by atoms with van der Waals surface area (Å²) in [5.74, 6) is 2.89. The highest BCUT2D eigenvalue weighted by Gasteiger charge is 2.28. The number of ether oxygens (including phenoxy) is 3. The molecule has 1 saturated heterocycles. The van der Waals surface area contributed by atoms with Crippen LogP contribution in [-0.2, 0) is 15.8 Å². The Morgan fingerprint density at radius 2 is 1.85 bits per heavy atom. The van der Waals surface area contributed by atoms with Gasteiger partial charge in [0.15, 0.2) is 11.5 Å². The van der Waals surface area contributed by atoms with E-state index in [9.17, 15) is 9.36 Å². The minimum atomic E-state index is -2.76. The van der Waals surface area contributed by atoms with Crippen molar-refractivity contribution in [2.24, 2.45) is 0 Å². The average molecular weight is 630 g/mol. The molecular weight excluding hydrogens is 597 g/mol. The van der Waals surface area contributed by atoms with E-state index in [1.807, 2.05) is 18.2 Å².